The third-order valence-electron chi connectivity index (χ3n) is 5.77. The van der Waals surface area contributed by atoms with Crippen molar-refractivity contribution in [3.8, 4) is 0 Å². The highest BCUT2D eigenvalue weighted by Crippen LogP contribution is 2.37. The third kappa shape index (κ3) is 9.18. The van der Waals surface area contributed by atoms with Gasteiger partial charge >= 0.3 is 12.1 Å². The number of hydrogen-bond donors (Lipinski definition) is 0. The van der Waals surface area contributed by atoms with Crippen molar-refractivity contribution in [2.45, 2.75) is 103 Å². The molecule has 0 spiro atoms. The standard InChI is InChI=1S/C24H40F3N3O5Si/c1-17(34-12-10-20(31)35-23(2,3)4)18-9-8-11-29(18)19-15-28-30(16-33-13-14-36(5,6)7)22(32)21(19)24(25,26)27/h15,17-18H,8-14,16H2,1-7H3/t17?,18-/m0/s1. The minimum Gasteiger partial charge on any atom is -0.460 e. The third-order valence-corrected chi connectivity index (χ3v) is 7.48. The van der Waals surface area contributed by atoms with E-state index in [1.807, 2.05) is 0 Å². The normalized spacial score (nSPS) is 17.9. The van der Waals surface area contributed by atoms with Gasteiger partial charge in [0.05, 0.1) is 37.1 Å². The molecule has 0 saturated carbocycles. The Morgan fingerprint density at radius 2 is 1.89 bits per heavy atom. The highest BCUT2D eigenvalue weighted by Gasteiger charge is 2.42. The van der Waals surface area contributed by atoms with Crippen molar-refractivity contribution >= 4 is 19.7 Å². The largest absolute Gasteiger partial charge is 0.460 e. The zero-order chi connectivity index (χ0) is 27.3. The lowest BCUT2D eigenvalue weighted by atomic mass is 10.1. The van der Waals surface area contributed by atoms with Crippen molar-refractivity contribution in [2.24, 2.45) is 0 Å². The zero-order valence-corrected chi connectivity index (χ0v) is 23.4. The molecule has 206 valence electrons. The van der Waals surface area contributed by atoms with Crippen LogP contribution in [0.5, 0.6) is 0 Å². The van der Waals surface area contributed by atoms with Gasteiger partial charge in [-0.1, -0.05) is 19.6 Å². The first-order valence-electron chi connectivity index (χ1n) is 12.3. The van der Waals surface area contributed by atoms with Crippen molar-refractivity contribution in [3.05, 3.63) is 22.1 Å². The van der Waals surface area contributed by atoms with E-state index in [1.54, 1.807) is 32.6 Å². The molecule has 2 heterocycles. The fourth-order valence-electron chi connectivity index (χ4n) is 4.00. The van der Waals surface area contributed by atoms with E-state index < -0.39 is 49.1 Å². The lowest BCUT2D eigenvalue weighted by Crippen LogP contribution is -2.42. The van der Waals surface area contributed by atoms with Gasteiger partial charge in [-0.2, -0.15) is 18.3 Å². The van der Waals surface area contributed by atoms with Crippen molar-refractivity contribution in [3.63, 3.8) is 0 Å². The first-order chi connectivity index (χ1) is 16.5. The summed E-state index contributed by atoms with van der Waals surface area (Å²) in [6.45, 7) is 14.0. The van der Waals surface area contributed by atoms with Crippen LogP contribution in [0.15, 0.2) is 11.0 Å². The molecule has 8 nitrogen and oxygen atoms in total. The molecule has 0 radical (unpaired) electrons. The monoisotopic (exact) mass is 535 g/mol. The van der Waals surface area contributed by atoms with Gasteiger partial charge in [0.25, 0.3) is 5.56 Å². The molecule has 0 bridgehead atoms. The lowest BCUT2D eigenvalue weighted by Gasteiger charge is -2.32. The molecule has 0 N–H and O–H groups in total. The van der Waals surface area contributed by atoms with Crippen LogP contribution in [-0.4, -0.2) is 61.3 Å². The second-order valence-corrected chi connectivity index (χ2v) is 17.0. The number of halogens is 3. The molecule has 0 aliphatic carbocycles. The van der Waals surface area contributed by atoms with Crippen LogP contribution in [0.25, 0.3) is 0 Å². The number of ether oxygens (including phenoxy) is 3. The van der Waals surface area contributed by atoms with Crippen LogP contribution in [0.3, 0.4) is 0 Å². The van der Waals surface area contributed by atoms with E-state index in [-0.39, 0.29) is 25.4 Å². The second kappa shape index (κ2) is 12.1. The Balaban J connectivity index is 2.15. The highest BCUT2D eigenvalue weighted by molar-refractivity contribution is 6.76. The minimum atomic E-state index is -4.86. The number of aromatic nitrogens is 2. The molecule has 1 unspecified atom stereocenters. The maximum Gasteiger partial charge on any atom is 0.423 e. The number of rotatable bonds is 11. The number of anilines is 1. The van der Waals surface area contributed by atoms with E-state index in [0.29, 0.717) is 26.0 Å². The van der Waals surface area contributed by atoms with E-state index in [9.17, 15) is 22.8 Å². The molecule has 1 saturated heterocycles. The number of alkyl halides is 3. The average molecular weight is 536 g/mol. The molecule has 2 atom stereocenters. The number of hydrogen-bond acceptors (Lipinski definition) is 7. The van der Waals surface area contributed by atoms with E-state index in [1.165, 1.54) is 0 Å². The first kappa shape index (κ1) is 30.3. The molecule has 0 aromatic carbocycles. The van der Waals surface area contributed by atoms with Gasteiger partial charge in [0.15, 0.2) is 0 Å². The summed E-state index contributed by atoms with van der Waals surface area (Å²) >= 11 is 0. The van der Waals surface area contributed by atoms with Crippen LogP contribution in [-0.2, 0) is 31.9 Å². The molecule has 1 aromatic heterocycles. The Hall–Kier alpha value is -1.92. The predicted octanol–water partition coefficient (Wildman–Crippen LogP) is 4.68. The molecule has 2 rings (SSSR count). The summed E-state index contributed by atoms with van der Waals surface area (Å²) < 4.78 is 59.4. The molecule has 1 aromatic rings. The van der Waals surface area contributed by atoms with Crippen LogP contribution in [0.1, 0.15) is 52.5 Å². The molecule has 1 aliphatic heterocycles. The smallest absolute Gasteiger partial charge is 0.423 e. The van der Waals surface area contributed by atoms with E-state index in [0.717, 1.165) is 16.9 Å². The van der Waals surface area contributed by atoms with E-state index >= 15 is 0 Å². The molecular formula is C24H40F3N3O5Si. The van der Waals surface area contributed by atoms with Crippen LogP contribution in [0, 0.1) is 0 Å². The molecule has 12 heteroatoms. The molecule has 1 aliphatic rings. The van der Waals surface area contributed by atoms with Gasteiger partial charge in [0, 0.05) is 21.2 Å². The maximum absolute atomic E-state index is 14.1. The zero-order valence-electron chi connectivity index (χ0n) is 22.4. The Morgan fingerprint density at radius 3 is 2.47 bits per heavy atom. The van der Waals surface area contributed by atoms with Crippen LogP contribution < -0.4 is 10.5 Å². The van der Waals surface area contributed by atoms with Gasteiger partial charge in [-0.15, -0.1) is 0 Å². The summed E-state index contributed by atoms with van der Waals surface area (Å²) in [7, 11) is -1.38. The summed E-state index contributed by atoms with van der Waals surface area (Å²) in [5.41, 5.74) is -3.34. The number of esters is 1. The van der Waals surface area contributed by atoms with Crippen molar-refractivity contribution in [1.82, 2.24) is 9.78 Å². The van der Waals surface area contributed by atoms with Crippen molar-refractivity contribution in [1.29, 1.82) is 0 Å². The van der Waals surface area contributed by atoms with E-state index in [4.69, 9.17) is 14.2 Å². The summed E-state index contributed by atoms with van der Waals surface area (Å²) in [6.07, 6.45) is -2.96. The van der Waals surface area contributed by atoms with Gasteiger partial charge in [-0.25, -0.2) is 4.68 Å². The minimum absolute atomic E-state index is 0.0391. The summed E-state index contributed by atoms with van der Waals surface area (Å²) in [4.78, 5) is 26.3. The number of nitrogens with zero attached hydrogens (tertiary/aromatic N) is 3. The van der Waals surface area contributed by atoms with Gasteiger partial charge in [0.1, 0.15) is 17.9 Å². The maximum atomic E-state index is 14.1. The average Bonchev–Trinajstić information content (AvgIpc) is 3.18. The Labute approximate surface area is 212 Å². The fraction of sp³-hybridized carbons (Fsp3) is 0.792. The molecule has 36 heavy (non-hydrogen) atoms. The first-order valence-corrected chi connectivity index (χ1v) is 16.1. The lowest BCUT2D eigenvalue weighted by molar-refractivity contribution is -0.156. The molecule has 0 amide bonds. The second-order valence-electron chi connectivity index (χ2n) is 11.4. The van der Waals surface area contributed by atoms with Gasteiger partial charge < -0.3 is 19.1 Å². The van der Waals surface area contributed by atoms with Gasteiger partial charge in [-0.3, -0.25) is 9.59 Å². The van der Waals surface area contributed by atoms with E-state index in [2.05, 4.69) is 24.7 Å². The topological polar surface area (TPSA) is 82.9 Å². The number of carbonyl (C=O) groups excluding carboxylic acids is 1. The molecular weight excluding hydrogens is 495 g/mol. The molecule has 1 fully saturated rings. The summed E-state index contributed by atoms with van der Waals surface area (Å²) in [5, 5.41) is 3.99. The van der Waals surface area contributed by atoms with Crippen molar-refractivity contribution in [2.75, 3.05) is 24.7 Å². The number of carbonyl (C=O) groups is 1. The highest BCUT2D eigenvalue weighted by atomic mass is 28.3. The Morgan fingerprint density at radius 1 is 1.22 bits per heavy atom. The van der Waals surface area contributed by atoms with Crippen molar-refractivity contribution < 1.29 is 32.2 Å². The Bertz CT molecular complexity index is 941. The van der Waals surface area contributed by atoms with Gasteiger partial charge in [0.2, 0.25) is 0 Å². The summed E-state index contributed by atoms with van der Waals surface area (Å²) in [6, 6.07) is 0.433. The quantitative estimate of drug-likeness (QED) is 0.231. The Kier molecular flexibility index (Phi) is 10.2. The predicted molar refractivity (Wildman–Crippen MR) is 134 cm³/mol. The van der Waals surface area contributed by atoms with Crippen LogP contribution in [0.2, 0.25) is 25.7 Å². The van der Waals surface area contributed by atoms with Crippen LogP contribution >= 0.6 is 0 Å². The fourth-order valence-corrected chi connectivity index (χ4v) is 4.75. The summed E-state index contributed by atoms with van der Waals surface area (Å²) in [5.74, 6) is -0.405. The van der Waals surface area contributed by atoms with Crippen LogP contribution in [0.4, 0.5) is 18.9 Å². The SMILES string of the molecule is CC(OCCC(=O)OC(C)(C)C)[C@@H]1CCCN1c1cnn(COCC[Si](C)(C)C)c(=O)c1C(F)(F)F. The van der Waals surface area contributed by atoms with Gasteiger partial charge in [-0.05, 0) is 46.6 Å².